The lowest BCUT2D eigenvalue weighted by Crippen LogP contribution is -2.57. The lowest BCUT2D eigenvalue weighted by atomic mass is 9.64. The van der Waals surface area contributed by atoms with Crippen molar-refractivity contribution in [2.75, 3.05) is 18.7 Å². The van der Waals surface area contributed by atoms with Gasteiger partial charge in [0.1, 0.15) is 6.07 Å². The number of hydrogen-bond acceptors (Lipinski definition) is 4. The predicted molar refractivity (Wildman–Crippen MR) is 79.5 cm³/mol. The lowest BCUT2D eigenvalue weighted by Gasteiger charge is -2.51. The molecule has 1 aromatic carbocycles. The highest BCUT2D eigenvalue weighted by Crippen LogP contribution is 2.44. The minimum absolute atomic E-state index is 0.0941. The van der Waals surface area contributed by atoms with Crippen molar-refractivity contribution < 1.29 is 4.74 Å². The first-order chi connectivity index (χ1) is 9.04. The number of nitrogens with one attached hydrogen (secondary N) is 1. The molecule has 1 aliphatic carbocycles. The van der Waals surface area contributed by atoms with Gasteiger partial charge in [-0.25, -0.2) is 0 Å². The maximum absolute atomic E-state index is 9.33. The highest BCUT2D eigenvalue weighted by atomic mass is 32.2. The monoisotopic (exact) mass is 276 g/mol. The van der Waals surface area contributed by atoms with Crippen LogP contribution in [0.3, 0.4) is 0 Å². The zero-order valence-electron chi connectivity index (χ0n) is 11.9. The molecular formula is C15H20N2OS. The second-order valence-electron chi connectivity index (χ2n) is 5.47. The third-order valence-electron chi connectivity index (χ3n) is 4.15. The van der Waals surface area contributed by atoms with Crippen molar-refractivity contribution in [3.05, 3.63) is 23.8 Å². The van der Waals surface area contributed by atoms with Crippen LogP contribution in [0.1, 0.15) is 25.8 Å². The number of rotatable bonds is 4. The molecule has 1 saturated carbocycles. The van der Waals surface area contributed by atoms with Crippen LogP contribution in [0.4, 0.5) is 5.69 Å². The number of nitrogens with zero attached hydrogens (tertiary/aromatic N) is 1. The second-order valence-corrected chi connectivity index (χ2v) is 6.32. The van der Waals surface area contributed by atoms with Gasteiger partial charge in [0.25, 0.3) is 0 Å². The van der Waals surface area contributed by atoms with Crippen LogP contribution in [-0.4, -0.2) is 25.5 Å². The van der Waals surface area contributed by atoms with Gasteiger partial charge in [-0.15, -0.1) is 11.8 Å². The van der Waals surface area contributed by atoms with Crippen molar-refractivity contribution in [1.82, 2.24) is 0 Å². The van der Waals surface area contributed by atoms with E-state index in [1.165, 1.54) is 0 Å². The Morgan fingerprint density at radius 2 is 2.21 bits per heavy atom. The molecule has 0 aliphatic heterocycles. The van der Waals surface area contributed by atoms with Crippen LogP contribution < -0.4 is 5.32 Å². The maximum Gasteiger partial charge on any atom is 0.102 e. The average molecular weight is 276 g/mol. The smallest absolute Gasteiger partial charge is 0.102 e. The third kappa shape index (κ3) is 2.45. The molecule has 0 radical (unpaired) electrons. The number of hydrogen-bond donors (Lipinski definition) is 1. The largest absolute Gasteiger partial charge is 0.381 e. The Balaban J connectivity index is 2.20. The van der Waals surface area contributed by atoms with Gasteiger partial charge in [-0.2, -0.15) is 5.26 Å². The van der Waals surface area contributed by atoms with E-state index in [1.807, 2.05) is 24.5 Å². The van der Waals surface area contributed by atoms with E-state index in [9.17, 15) is 5.26 Å². The molecule has 1 aromatic rings. The third-order valence-corrected chi connectivity index (χ3v) is 4.93. The second kappa shape index (κ2) is 5.44. The van der Waals surface area contributed by atoms with Crippen LogP contribution in [0, 0.1) is 16.7 Å². The van der Waals surface area contributed by atoms with Gasteiger partial charge >= 0.3 is 0 Å². The van der Waals surface area contributed by atoms with Gasteiger partial charge < -0.3 is 10.1 Å². The van der Waals surface area contributed by atoms with E-state index in [4.69, 9.17) is 4.74 Å². The minimum Gasteiger partial charge on any atom is -0.381 e. The summed E-state index contributed by atoms with van der Waals surface area (Å²) in [6.07, 6.45) is 3.27. The molecule has 19 heavy (non-hydrogen) atoms. The van der Waals surface area contributed by atoms with Gasteiger partial charge in [-0.1, -0.05) is 19.9 Å². The molecule has 1 N–H and O–H groups in total. The van der Waals surface area contributed by atoms with Gasteiger partial charge in [0.15, 0.2) is 0 Å². The van der Waals surface area contributed by atoms with Crippen molar-refractivity contribution in [2.45, 2.75) is 37.3 Å². The minimum atomic E-state index is 0.0941. The normalized spacial score (nSPS) is 24.4. The molecule has 0 aromatic heterocycles. The van der Waals surface area contributed by atoms with E-state index in [-0.39, 0.29) is 5.41 Å². The highest BCUT2D eigenvalue weighted by molar-refractivity contribution is 7.98. The van der Waals surface area contributed by atoms with Crippen molar-refractivity contribution >= 4 is 17.4 Å². The van der Waals surface area contributed by atoms with E-state index >= 15 is 0 Å². The maximum atomic E-state index is 9.33. The SMILES string of the molecule is COC1CC(Nc2cccc(SC)c2C#N)C1(C)C. The Hall–Kier alpha value is -1.18. The topological polar surface area (TPSA) is 45.0 Å². The predicted octanol–water partition coefficient (Wildman–Crippen LogP) is 3.51. The van der Waals surface area contributed by atoms with Crippen LogP contribution in [0.2, 0.25) is 0 Å². The number of benzene rings is 1. The van der Waals surface area contributed by atoms with Crippen molar-refractivity contribution in [3.63, 3.8) is 0 Å². The van der Waals surface area contributed by atoms with E-state index in [0.717, 1.165) is 22.6 Å². The van der Waals surface area contributed by atoms with E-state index in [0.29, 0.717) is 12.1 Å². The molecule has 3 nitrogen and oxygen atoms in total. The Kier molecular flexibility index (Phi) is 4.07. The summed E-state index contributed by atoms with van der Waals surface area (Å²) in [6, 6.07) is 8.61. The van der Waals surface area contributed by atoms with Crippen molar-refractivity contribution in [1.29, 1.82) is 5.26 Å². The molecule has 2 atom stereocenters. The summed E-state index contributed by atoms with van der Waals surface area (Å²) < 4.78 is 5.46. The van der Waals surface area contributed by atoms with E-state index < -0.39 is 0 Å². The molecule has 1 aliphatic rings. The Labute approximate surface area is 119 Å². The summed E-state index contributed by atoms with van der Waals surface area (Å²) in [5, 5.41) is 12.8. The standard InChI is InChI=1S/C15H20N2OS/c1-15(2)13(8-14(15)18-3)17-11-6-5-7-12(19-4)10(11)9-16/h5-7,13-14,17H,8H2,1-4H3. The fraction of sp³-hybridized carbons (Fsp3) is 0.533. The van der Waals surface area contributed by atoms with Gasteiger partial charge in [-0.05, 0) is 24.8 Å². The molecule has 0 bridgehead atoms. The number of ether oxygens (including phenoxy) is 1. The molecule has 0 heterocycles. The highest BCUT2D eigenvalue weighted by Gasteiger charge is 2.48. The fourth-order valence-corrected chi connectivity index (χ4v) is 3.23. The Bertz CT molecular complexity index is 507. The summed E-state index contributed by atoms with van der Waals surface area (Å²) in [7, 11) is 1.76. The van der Waals surface area contributed by atoms with Crippen LogP contribution >= 0.6 is 11.8 Å². The molecule has 102 valence electrons. The number of anilines is 1. The van der Waals surface area contributed by atoms with E-state index in [1.54, 1.807) is 18.9 Å². The number of nitriles is 1. The molecule has 0 saturated heterocycles. The quantitative estimate of drug-likeness (QED) is 0.855. The molecular weight excluding hydrogens is 256 g/mol. The molecule has 0 spiro atoms. The zero-order valence-corrected chi connectivity index (χ0v) is 12.7. The summed E-state index contributed by atoms with van der Waals surface area (Å²) in [5.41, 5.74) is 1.77. The molecule has 2 unspecified atom stereocenters. The Morgan fingerprint density at radius 3 is 2.74 bits per heavy atom. The first-order valence-electron chi connectivity index (χ1n) is 6.41. The fourth-order valence-electron chi connectivity index (χ4n) is 2.65. The van der Waals surface area contributed by atoms with Crippen molar-refractivity contribution in [3.8, 4) is 6.07 Å². The van der Waals surface area contributed by atoms with Gasteiger partial charge in [0, 0.05) is 23.5 Å². The number of thioether (sulfide) groups is 1. The van der Waals surface area contributed by atoms with Gasteiger partial charge in [0.2, 0.25) is 0 Å². The van der Waals surface area contributed by atoms with Crippen LogP contribution in [0.25, 0.3) is 0 Å². The lowest BCUT2D eigenvalue weighted by molar-refractivity contribution is -0.0794. The molecule has 2 rings (SSSR count). The summed E-state index contributed by atoms with van der Waals surface area (Å²) in [6.45, 7) is 4.40. The Morgan fingerprint density at radius 1 is 1.47 bits per heavy atom. The number of methoxy groups -OCH3 is 1. The van der Waals surface area contributed by atoms with Gasteiger partial charge in [0.05, 0.1) is 17.4 Å². The average Bonchev–Trinajstić information content (AvgIpc) is 2.42. The summed E-state index contributed by atoms with van der Waals surface area (Å²) >= 11 is 1.60. The van der Waals surface area contributed by atoms with Crippen LogP contribution in [-0.2, 0) is 4.74 Å². The summed E-state index contributed by atoms with van der Waals surface area (Å²) in [4.78, 5) is 1.02. The first kappa shape index (κ1) is 14.2. The zero-order chi connectivity index (χ0) is 14.0. The first-order valence-corrected chi connectivity index (χ1v) is 7.63. The van der Waals surface area contributed by atoms with Crippen molar-refractivity contribution in [2.24, 2.45) is 5.41 Å². The summed E-state index contributed by atoms with van der Waals surface area (Å²) in [5.74, 6) is 0. The molecule has 1 fully saturated rings. The van der Waals surface area contributed by atoms with Crippen LogP contribution in [0.5, 0.6) is 0 Å². The molecule has 0 amide bonds. The molecule has 4 heteroatoms. The van der Waals surface area contributed by atoms with Crippen LogP contribution in [0.15, 0.2) is 23.1 Å². The van der Waals surface area contributed by atoms with E-state index in [2.05, 4.69) is 25.2 Å². The van der Waals surface area contributed by atoms with Gasteiger partial charge in [-0.3, -0.25) is 0 Å².